The van der Waals surface area contributed by atoms with Gasteiger partial charge in [0.2, 0.25) is 0 Å². The van der Waals surface area contributed by atoms with Crippen LogP contribution in [0.25, 0.3) is 0 Å². The Bertz CT molecular complexity index is 1120. The van der Waals surface area contributed by atoms with Gasteiger partial charge in [-0.1, -0.05) is 53.9 Å². The molecular formula is C37H56N4. The summed E-state index contributed by atoms with van der Waals surface area (Å²) < 4.78 is 0. The van der Waals surface area contributed by atoms with Gasteiger partial charge >= 0.3 is 0 Å². The van der Waals surface area contributed by atoms with Crippen LogP contribution in [-0.4, -0.2) is 22.1 Å². The average Bonchev–Trinajstić information content (AvgIpc) is 3.32. The maximum absolute atomic E-state index is 4.32. The van der Waals surface area contributed by atoms with E-state index in [0.717, 1.165) is 41.4 Å². The molecule has 0 amide bonds. The normalized spacial score (nSPS) is 38.9. The molecule has 2 aromatic heterocycles. The minimum atomic E-state index is 0.458. The average molecular weight is 557 g/mol. The number of hydrogen-bond donors (Lipinski definition) is 2. The van der Waals surface area contributed by atoms with Gasteiger partial charge in [0, 0.05) is 48.2 Å². The Hall–Kier alpha value is -2.10. The van der Waals surface area contributed by atoms with E-state index in [1.54, 1.807) is 0 Å². The number of fused-ring (bicyclic) bond motifs is 5. The summed E-state index contributed by atoms with van der Waals surface area (Å²) in [5, 5.41) is 8.03. The zero-order chi connectivity index (χ0) is 28.6. The third-order valence-electron chi connectivity index (χ3n) is 13.0. The van der Waals surface area contributed by atoms with Crippen molar-refractivity contribution in [2.75, 3.05) is 10.6 Å². The second-order valence-corrected chi connectivity index (χ2v) is 15.6. The molecule has 0 aliphatic heterocycles. The van der Waals surface area contributed by atoms with Crippen LogP contribution in [0.2, 0.25) is 0 Å². The largest absolute Gasteiger partial charge is 0.382 e. The second kappa shape index (κ2) is 11.9. The van der Waals surface area contributed by atoms with Gasteiger partial charge in [0.15, 0.2) is 0 Å². The van der Waals surface area contributed by atoms with Gasteiger partial charge in [0.25, 0.3) is 0 Å². The van der Waals surface area contributed by atoms with Crippen LogP contribution in [0.3, 0.4) is 0 Å². The molecule has 4 aliphatic carbocycles. The lowest BCUT2D eigenvalue weighted by Gasteiger charge is -2.63. The van der Waals surface area contributed by atoms with Crippen molar-refractivity contribution in [2.45, 2.75) is 117 Å². The molecule has 4 saturated carbocycles. The van der Waals surface area contributed by atoms with Crippen molar-refractivity contribution in [2.24, 2.45) is 52.3 Å². The van der Waals surface area contributed by atoms with Crippen molar-refractivity contribution in [3.05, 3.63) is 49.1 Å². The first-order valence-electron chi connectivity index (χ1n) is 17.1. The van der Waals surface area contributed by atoms with Gasteiger partial charge in [-0.05, 0) is 128 Å². The minimum absolute atomic E-state index is 0.458. The first-order valence-corrected chi connectivity index (χ1v) is 17.1. The van der Waals surface area contributed by atoms with Crippen molar-refractivity contribution in [1.29, 1.82) is 0 Å². The molecule has 0 radical (unpaired) electrons. The smallest absolute Gasteiger partial charge is 0.0373 e. The lowest BCUT2D eigenvalue weighted by molar-refractivity contribution is -0.120. The number of hydrogen-bond acceptors (Lipinski definition) is 4. The predicted molar refractivity (Wildman–Crippen MR) is 172 cm³/mol. The number of nitrogens with zero attached hydrogens (tertiary/aromatic N) is 2. The summed E-state index contributed by atoms with van der Waals surface area (Å²) >= 11 is 0. The SMILES string of the molecule is CC(C)CCC[C@@H](C)[C@H]1CC[C@H]2[C@@H]3[C@H](Nc4ccncc4)C[C@H]4C[C@H](Nc5ccncc5)CC[C@]4(C)[C@H]3CC[C@]12C. The van der Waals surface area contributed by atoms with E-state index in [4.69, 9.17) is 0 Å². The van der Waals surface area contributed by atoms with Crippen LogP contribution < -0.4 is 10.6 Å². The fraction of sp³-hybridized carbons (Fsp3) is 0.730. The zero-order valence-corrected chi connectivity index (χ0v) is 26.5. The molecule has 41 heavy (non-hydrogen) atoms. The monoisotopic (exact) mass is 556 g/mol. The molecule has 224 valence electrons. The lowest BCUT2D eigenvalue weighted by atomic mass is 9.43. The molecule has 0 saturated heterocycles. The highest BCUT2D eigenvalue weighted by atomic mass is 15.0. The molecule has 2 aromatic rings. The van der Waals surface area contributed by atoms with E-state index in [9.17, 15) is 0 Å². The first-order chi connectivity index (χ1) is 19.8. The van der Waals surface area contributed by atoms with Crippen molar-refractivity contribution >= 4 is 11.4 Å². The van der Waals surface area contributed by atoms with E-state index in [-0.39, 0.29) is 0 Å². The van der Waals surface area contributed by atoms with Gasteiger partial charge in [0.05, 0.1) is 0 Å². The Labute approximate surface area is 250 Å². The van der Waals surface area contributed by atoms with E-state index >= 15 is 0 Å². The summed E-state index contributed by atoms with van der Waals surface area (Å²) in [5.41, 5.74) is 3.44. The molecule has 0 unspecified atom stereocenters. The Morgan fingerprint density at radius 2 is 1.39 bits per heavy atom. The third kappa shape index (κ3) is 5.66. The summed E-state index contributed by atoms with van der Waals surface area (Å²) in [4.78, 5) is 8.55. The van der Waals surface area contributed by atoms with Crippen molar-refractivity contribution in [3.8, 4) is 0 Å². The van der Waals surface area contributed by atoms with E-state index < -0.39 is 0 Å². The van der Waals surface area contributed by atoms with Crippen LogP contribution in [0.1, 0.15) is 105 Å². The van der Waals surface area contributed by atoms with Gasteiger partial charge in [-0.3, -0.25) is 9.97 Å². The fourth-order valence-corrected chi connectivity index (χ4v) is 10.9. The zero-order valence-electron chi connectivity index (χ0n) is 26.5. The molecule has 10 atom stereocenters. The van der Waals surface area contributed by atoms with Crippen molar-refractivity contribution in [1.82, 2.24) is 9.97 Å². The maximum Gasteiger partial charge on any atom is 0.0373 e. The molecule has 4 fully saturated rings. The van der Waals surface area contributed by atoms with E-state index in [2.05, 4.69) is 79.5 Å². The molecule has 4 heteroatoms. The summed E-state index contributed by atoms with van der Waals surface area (Å²) in [6, 6.07) is 9.74. The van der Waals surface area contributed by atoms with Crippen LogP contribution in [-0.2, 0) is 0 Å². The van der Waals surface area contributed by atoms with Gasteiger partial charge in [-0.25, -0.2) is 0 Å². The second-order valence-electron chi connectivity index (χ2n) is 15.6. The number of rotatable bonds is 9. The van der Waals surface area contributed by atoms with Crippen LogP contribution in [0.5, 0.6) is 0 Å². The molecule has 0 aromatic carbocycles. The summed E-state index contributed by atoms with van der Waals surface area (Å²) in [7, 11) is 0. The summed E-state index contributed by atoms with van der Waals surface area (Å²) in [6.07, 6.45) is 23.0. The highest BCUT2D eigenvalue weighted by Crippen LogP contribution is 2.68. The molecule has 2 N–H and O–H groups in total. The van der Waals surface area contributed by atoms with Crippen LogP contribution >= 0.6 is 0 Å². The lowest BCUT2D eigenvalue weighted by Crippen LogP contribution is -2.60. The Morgan fingerprint density at radius 1 is 0.756 bits per heavy atom. The standard InChI is InChI=1S/C37H56N4/c1-25(2)7-6-8-26(3)31-9-10-32-35-33(12-18-37(31,32)5)36(4)17-11-30(40-28-13-19-38-20-14-28)23-27(36)24-34(35)41-29-15-21-39-22-16-29/h13-16,19-22,25-27,30-35H,6-12,17-18,23-24H2,1-5H3,(H,38,40)(H,39,41)/t26-,27-,30-,31-,32+,33+,34-,35+,36+,37-/m1/s1. The highest BCUT2D eigenvalue weighted by molar-refractivity contribution is 5.43. The van der Waals surface area contributed by atoms with Crippen LogP contribution in [0.15, 0.2) is 49.1 Å². The summed E-state index contributed by atoms with van der Waals surface area (Å²) in [6.45, 7) is 12.8. The topological polar surface area (TPSA) is 49.8 Å². The van der Waals surface area contributed by atoms with E-state index in [1.807, 2.05) is 24.8 Å². The number of pyridine rings is 2. The Kier molecular flexibility index (Phi) is 8.40. The number of aromatic nitrogens is 2. The molecule has 0 bridgehead atoms. The molecule has 6 rings (SSSR count). The molecule has 4 aliphatic rings. The van der Waals surface area contributed by atoms with Gasteiger partial charge in [0.1, 0.15) is 0 Å². The first kappa shape index (κ1) is 29.0. The molecule has 2 heterocycles. The number of anilines is 2. The predicted octanol–water partition coefficient (Wildman–Crippen LogP) is 9.47. The van der Waals surface area contributed by atoms with Crippen LogP contribution in [0.4, 0.5) is 11.4 Å². The van der Waals surface area contributed by atoms with Crippen molar-refractivity contribution < 1.29 is 0 Å². The van der Waals surface area contributed by atoms with Gasteiger partial charge < -0.3 is 10.6 Å². The Balaban J connectivity index is 1.25. The van der Waals surface area contributed by atoms with Crippen LogP contribution in [0, 0.1) is 52.3 Å². The third-order valence-corrected chi connectivity index (χ3v) is 13.0. The van der Waals surface area contributed by atoms with Gasteiger partial charge in [-0.15, -0.1) is 0 Å². The summed E-state index contributed by atoms with van der Waals surface area (Å²) in [5.74, 6) is 5.80. The number of nitrogens with one attached hydrogen (secondary N) is 2. The van der Waals surface area contributed by atoms with E-state index in [1.165, 1.54) is 82.0 Å². The van der Waals surface area contributed by atoms with Crippen molar-refractivity contribution in [3.63, 3.8) is 0 Å². The highest BCUT2D eigenvalue weighted by Gasteiger charge is 2.63. The molecule has 4 nitrogen and oxygen atoms in total. The van der Waals surface area contributed by atoms with E-state index in [0.29, 0.717) is 22.9 Å². The maximum atomic E-state index is 4.32. The minimum Gasteiger partial charge on any atom is -0.382 e. The van der Waals surface area contributed by atoms with Gasteiger partial charge in [-0.2, -0.15) is 0 Å². The molecular weight excluding hydrogens is 500 g/mol. The Morgan fingerprint density at radius 3 is 2.07 bits per heavy atom. The fourth-order valence-electron chi connectivity index (χ4n) is 10.9. The quantitative estimate of drug-likeness (QED) is 0.323. The molecule has 0 spiro atoms.